The van der Waals surface area contributed by atoms with Crippen molar-refractivity contribution in [2.24, 2.45) is 4.99 Å². The maximum Gasteiger partial charge on any atom is 0.488 e. The van der Waals surface area contributed by atoms with Crippen molar-refractivity contribution in [2.45, 2.75) is 68.9 Å². The molecule has 0 spiro atoms. The lowest BCUT2D eigenvalue weighted by atomic mass is 9.79. The molecule has 3 N–H and O–H groups in total. The minimum absolute atomic E-state index is 0.0553. The van der Waals surface area contributed by atoms with Gasteiger partial charge in [0.1, 0.15) is 17.8 Å². The Morgan fingerprint density at radius 2 is 1.92 bits per heavy atom. The van der Waals surface area contributed by atoms with Crippen LogP contribution in [0, 0.1) is 0 Å². The molecule has 1 saturated heterocycles. The summed E-state index contributed by atoms with van der Waals surface area (Å²) in [7, 11) is -0.0636. The maximum absolute atomic E-state index is 13.3. The topological polar surface area (TPSA) is 107 Å². The van der Waals surface area contributed by atoms with E-state index in [0.717, 1.165) is 49.3 Å². The number of alkyl halides is 3. The van der Waals surface area contributed by atoms with Crippen LogP contribution in [0.25, 0.3) is 0 Å². The number of ether oxygens (including phenoxy) is 1. The summed E-state index contributed by atoms with van der Waals surface area (Å²) in [5.41, 5.74) is 1.07. The summed E-state index contributed by atoms with van der Waals surface area (Å²) in [5.74, 6) is 0.294. The van der Waals surface area contributed by atoms with Crippen molar-refractivity contribution in [1.82, 2.24) is 10.3 Å². The summed E-state index contributed by atoms with van der Waals surface area (Å²) in [6.07, 6.45) is 1.02. The number of aldehydes is 1. The quantitative estimate of drug-likeness (QED) is 0.193. The number of nitrogens with one attached hydrogen (secondary N) is 1. The van der Waals surface area contributed by atoms with Gasteiger partial charge >= 0.3 is 13.3 Å². The zero-order valence-corrected chi connectivity index (χ0v) is 21.7. The number of carbonyl (C=O) groups is 1. The summed E-state index contributed by atoms with van der Waals surface area (Å²) in [4.78, 5) is 22.8. The molecule has 1 aromatic carbocycles. The number of halogens is 3. The number of hydrogen-bond donors (Lipinski definition) is 3. The van der Waals surface area contributed by atoms with E-state index in [-0.39, 0.29) is 12.0 Å². The molecule has 8 nitrogen and oxygen atoms in total. The molecule has 12 heteroatoms. The van der Waals surface area contributed by atoms with Gasteiger partial charge in [0.05, 0.1) is 23.9 Å². The predicted octanol–water partition coefficient (Wildman–Crippen LogP) is 2.54. The van der Waals surface area contributed by atoms with Crippen LogP contribution in [0.2, 0.25) is 0 Å². The van der Waals surface area contributed by atoms with Crippen LogP contribution in [0.3, 0.4) is 0 Å². The maximum atomic E-state index is 13.3. The molecule has 2 aromatic rings. The summed E-state index contributed by atoms with van der Waals surface area (Å²) in [5, 5.41) is 22.7. The molecule has 3 aliphatic rings. The fourth-order valence-corrected chi connectivity index (χ4v) is 5.00. The Labute approximate surface area is 225 Å². The first-order chi connectivity index (χ1) is 18.6. The average molecular weight is 544 g/mol. The Bertz CT molecular complexity index is 1240. The standard InChI is InChI=1S/C27H32BF3N4O4/c1-32-25(21-8-9-23(27(29,30)31)33-24(21)17-2-3-17)34-26(16-36)10-12-35(13-11-26)22-14-19(28(37)38)5-4-18(22)15-39-20-6-7-20/h4-5,8-9,14,16-17,20,37-38H,2-3,6-7,10-13,15H2,1H3,(H,32,34). The number of rotatable bonds is 9. The molecule has 5 rings (SSSR count). The fraction of sp³-hybridized carbons (Fsp3) is 0.519. The Hall–Kier alpha value is -2.96. The number of nitrogens with zero attached hydrogens (tertiary/aromatic N) is 3. The smallest absolute Gasteiger partial charge is 0.423 e. The van der Waals surface area contributed by atoms with Crippen molar-refractivity contribution >= 4 is 30.4 Å². The van der Waals surface area contributed by atoms with Crippen LogP contribution >= 0.6 is 0 Å². The van der Waals surface area contributed by atoms with Crippen LogP contribution in [0.4, 0.5) is 18.9 Å². The van der Waals surface area contributed by atoms with E-state index in [2.05, 4.69) is 20.2 Å². The average Bonchev–Trinajstić information content (AvgIpc) is 3.85. The summed E-state index contributed by atoms with van der Waals surface area (Å²) >= 11 is 0. The van der Waals surface area contributed by atoms with Crippen molar-refractivity contribution < 1.29 is 32.8 Å². The van der Waals surface area contributed by atoms with Crippen molar-refractivity contribution in [3.63, 3.8) is 0 Å². The molecule has 0 unspecified atom stereocenters. The van der Waals surface area contributed by atoms with Crippen LogP contribution in [0.1, 0.15) is 67.0 Å². The summed E-state index contributed by atoms with van der Waals surface area (Å²) in [6.45, 7) is 1.39. The van der Waals surface area contributed by atoms with Crippen LogP contribution in [0.15, 0.2) is 35.3 Å². The molecule has 39 heavy (non-hydrogen) atoms. The van der Waals surface area contributed by atoms with Gasteiger partial charge < -0.3 is 29.8 Å². The first-order valence-corrected chi connectivity index (χ1v) is 13.3. The van der Waals surface area contributed by atoms with Crippen molar-refractivity contribution in [1.29, 1.82) is 0 Å². The van der Waals surface area contributed by atoms with Gasteiger partial charge in [-0.1, -0.05) is 12.1 Å². The second-order valence-electron chi connectivity index (χ2n) is 10.6. The minimum Gasteiger partial charge on any atom is -0.423 e. The molecule has 2 aliphatic carbocycles. The second-order valence-corrected chi connectivity index (χ2v) is 10.6. The molecule has 1 aliphatic heterocycles. The van der Waals surface area contributed by atoms with E-state index >= 15 is 0 Å². The normalized spacial score (nSPS) is 19.6. The number of aliphatic imine (C=N–C) groups is 1. The summed E-state index contributed by atoms with van der Waals surface area (Å²) < 4.78 is 45.9. The monoisotopic (exact) mass is 544 g/mol. The highest BCUT2D eigenvalue weighted by Gasteiger charge is 2.39. The fourth-order valence-electron chi connectivity index (χ4n) is 5.00. The largest absolute Gasteiger partial charge is 0.488 e. The number of aromatic nitrogens is 1. The Kier molecular flexibility index (Phi) is 7.72. The number of pyridine rings is 1. The number of piperidine rings is 1. The number of anilines is 1. The number of benzene rings is 1. The Morgan fingerprint density at radius 1 is 1.21 bits per heavy atom. The highest BCUT2D eigenvalue weighted by Crippen LogP contribution is 2.42. The van der Waals surface area contributed by atoms with E-state index in [0.29, 0.717) is 55.1 Å². The van der Waals surface area contributed by atoms with Gasteiger partial charge in [-0.2, -0.15) is 13.2 Å². The molecular weight excluding hydrogens is 512 g/mol. The van der Waals surface area contributed by atoms with Gasteiger partial charge in [0.2, 0.25) is 0 Å². The van der Waals surface area contributed by atoms with Gasteiger partial charge in [-0.15, -0.1) is 0 Å². The van der Waals surface area contributed by atoms with E-state index in [1.165, 1.54) is 6.07 Å². The Balaban J connectivity index is 1.34. The molecule has 0 radical (unpaired) electrons. The molecule has 0 bridgehead atoms. The second kappa shape index (κ2) is 10.9. The third-order valence-corrected chi connectivity index (χ3v) is 7.65. The van der Waals surface area contributed by atoms with E-state index < -0.39 is 24.5 Å². The van der Waals surface area contributed by atoms with E-state index in [4.69, 9.17) is 4.74 Å². The lowest BCUT2D eigenvalue weighted by molar-refractivity contribution is -0.141. The number of amidine groups is 1. The van der Waals surface area contributed by atoms with Crippen molar-refractivity contribution in [2.75, 3.05) is 25.0 Å². The first kappa shape index (κ1) is 27.6. The number of hydrogen-bond acceptors (Lipinski definition) is 7. The molecule has 2 saturated carbocycles. The van der Waals surface area contributed by atoms with Gasteiger partial charge in [-0.3, -0.25) is 4.99 Å². The third kappa shape index (κ3) is 6.28. The van der Waals surface area contributed by atoms with E-state index in [1.54, 1.807) is 19.2 Å². The molecular formula is C27H32BF3N4O4. The lowest BCUT2D eigenvalue weighted by Gasteiger charge is -2.41. The highest BCUT2D eigenvalue weighted by molar-refractivity contribution is 6.58. The van der Waals surface area contributed by atoms with Crippen LogP contribution in [0.5, 0.6) is 0 Å². The van der Waals surface area contributed by atoms with Gasteiger partial charge in [-0.25, -0.2) is 4.98 Å². The lowest BCUT2D eigenvalue weighted by Crippen LogP contribution is -2.57. The third-order valence-electron chi connectivity index (χ3n) is 7.65. The van der Waals surface area contributed by atoms with Crippen LogP contribution in [-0.4, -0.2) is 66.1 Å². The SMILES string of the molecule is CN=C(NC1(C=O)CCN(c2cc(B(O)O)ccc2COC2CC2)CC1)c1ccc(C(F)(F)F)nc1C1CC1. The van der Waals surface area contributed by atoms with Crippen LogP contribution in [-0.2, 0) is 22.3 Å². The van der Waals surface area contributed by atoms with Gasteiger partial charge in [0, 0.05) is 42.9 Å². The molecule has 0 atom stereocenters. The zero-order valence-electron chi connectivity index (χ0n) is 21.7. The predicted molar refractivity (Wildman–Crippen MR) is 141 cm³/mol. The Morgan fingerprint density at radius 3 is 2.49 bits per heavy atom. The van der Waals surface area contributed by atoms with E-state index in [1.807, 2.05) is 6.07 Å². The molecule has 0 amide bonds. The van der Waals surface area contributed by atoms with E-state index in [9.17, 15) is 28.0 Å². The summed E-state index contributed by atoms with van der Waals surface area (Å²) in [6, 6.07) is 7.60. The van der Waals surface area contributed by atoms with Gasteiger partial charge in [-0.05, 0) is 62.2 Å². The molecule has 3 fully saturated rings. The molecule has 208 valence electrons. The van der Waals surface area contributed by atoms with Crippen molar-refractivity contribution in [3.05, 3.63) is 52.8 Å². The van der Waals surface area contributed by atoms with Crippen LogP contribution < -0.4 is 15.7 Å². The minimum atomic E-state index is -4.54. The van der Waals surface area contributed by atoms with Gasteiger partial charge in [0.25, 0.3) is 0 Å². The van der Waals surface area contributed by atoms with Gasteiger partial charge in [0.15, 0.2) is 0 Å². The van der Waals surface area contributed by atoms with Crippen molar-refractivity contribution in [3.8, 4) is 0 Å². The molecule has 1 aromatic heterocycles. The number of carbonyl (C=O) groups excluding carboxylic acids is 1. The first-order valence-electron chi connectivity index (χ1n) is 13.3. The molecule has 2 heterocycles. The highest BCUT2D eigenvalue weighted by atomic mass is 19.4. The zero-order chi connectivity index (χ0) is 27.8.